The molecule has 0 fully saturated rings. The highest BCUT2D eigenvalue weighted by Gasteiger charge is 2.29. The third-order valence-electron chi connectivity index (χ3n) is 16.2. The fourth-order valence-corrected chi connectivity index (χ4v) is 12.0. The van der Waals surface area contributed by atoms with Gasteiger partial charge in [-0.25, -0.2) is 8.78 Å². The van der Waals surface area contributed by atoms with E-state index in [-0.39, 0.29) is 11.6 Å². The first-order valence-corrected chi connectivity index (χ1v) is 27.3. The van der Waals surface area contributed by atoms with Gasteiger partial charge in [0.05, 0.1) is 22.7 Å². The number of hydrogen-bond donors (Lipinski definition) is 0. The molecular formula is C76H54F2N2. The monoisotopic (exact) mass is 1030 g/mol. The molecule has 0 saturated heterocycles. The summed E-state index contributed by atoms with van der Waals surface area (Å²) >= 11 is 0. The Morgan fingerprint density at radius 2 is 0.588 bits per heavy atom. The largest absolute Gasteiger partial charge is 0.307 e. The summed E-state index contributed by atoms with van der Waals surface area (Å²) in [5.41, 5.74) is 15.6. The average molecular weight is 1030 g/mol. The molecule has 4 heteroatoms. The average Bonchev–Trinajstić information content (AvgIpc) is 3.47. The first-order chi connectivity index (χ1) is 39.1. The van der Waals surface area contributed by atoms with Crippen molar-refractivity contribution in [1.82, 2.24) is 0 Å². The minimum absolute atomic E-state index is 0.342. The van der Waals surface area contributed by atoms with Crippen molar-refractivity contribution >= 4 is 88.0 Å². The van der Waals surface area contributed by atoms with Crippen molar-refractivity contribution in [3.63, 3.8) is 0 Å². The third-order valence-corrected chi connectivity index (χ3v) is 16.2. The van der Waals surface area contributed by atoms with Crippen LogP contribution in [0.2, 0.25) is 0 Å². The summed E-state index contributed by atoms with van der Waals surface area (Å²) in [6.45, 7) is 8.29. The van der Waals surface area contributed by atoms with E-state index in [1.807, 2.05) is 24.3 Å². The van der Waals surface area contributed by atoms with Gasteiger partial charge in [-0.15, -0.1) is 0 Å². The number of benzene rings is 14. The fraction of sp³-hybridized carbons (Fsp3) is 0.0526. The Hall–Kier alpha value is -9.90. The van der Waals surface area contributed by atoms with Gasteiger partial charge in [-0.3, -0.25) is 0 Å². The summed E-state index contributed by atoms with van der Waals surface area (Å²) in [7, 11) is 0. The molecule has 0 saturated carbocycles. The molecule has 0 aromatic heterocycles. The lowest BCUT2D eigenvalue weighted by Gasteiger charge is -2.32. The van der Waals surface area contributed by atoms with Crippen molar-refractivity contribution < 1.29 is 8.78 Å². The molecule has 80 heavy (non-hydrogen) atoms. The highest BCUT2D eigenvalue weighted by molar-refractivity contribution is 6.28. The lowest BCUT2D eigenvalue weighted by Crippen LogP contribution is -2.15. The summed E-state index contributed by atoms with van der Waals surface area (Å²) in [6, 6.07) is 87.8. The van der Waals surface area contributed by atoms with Crippen molar-refractivity contribution in [2.45, 2.75) is 27.7 Å². The summed E-state index contributed by atoms with van der Waals surface area (Å²) in [6.07, 6.45) is 0. The van der Waals surface area contributed by atoms with Crippen molar-refractivity contribution in [2.24, 2.45) is 0 Å². The third kappa shape index (κ3) is 8.48. The van der Waals surface area contributed by atoms with Gasteiger partial charge in [-0.1, -0.05) is 216 Å². The number of aryl methyl sites for hydroxylation is 4. The van der Waals surface area contributed by atoms with E-state index in [9.17, 15) is 0 Å². The van der Waals surface area contributed by atoms with E-state index in [1.165, 1.54) is 0 Å². The number of fused-ring (bicyclic) bond motifs is 2. The molecule has 14 rings (SSSR count). The Morgan fingerprint density at radius 3 is 0.963 bits per heavy atom. The smallest absolute Gasteiger partial charge is 0.148 e. The standard InChI is InChI=1S/C76H54F2N2/c1-47-13-21-53(22-14-47)61-43-67(55-25-17-49(3)18-26-55)75(69(77)45-61)79(63-35-29-51-9-5-7-11-59(51)41-63)71-39-33-57-32-38-66-72(40-34-58-31-37-65(71)73(57)74(58)66)80(64-36-30-52-10-6-8-12-60(52)42-64)76-68(56-27-19-50(4)20-28-56)44-62(46-70(76)78)54-23-15-48(2)16-24-54/h5-46H,1-4H3. The molecule has 0 atom stereocenters. The van der Waals surface area contributed by atoms with Crippen LogP contribution in [-0.2, 0) is 0 Å². The molecule has 0 aliphatic rings. The van der Waals surface area contributed by atoms with Crippen molar-refractivity contribution in [1.29, 1.82) is 0 Å². The molecule has 0 heterocycles. The molecule has 14 aromatic carbocycles. The van der Waals surface area contributed by atoms with E-state index in [0.717, 1.165) is 143 Å². The van der Waals surface area contributed by atoms with Gasteiger partial charge in [0.2, 0.25) is 0 Å². The van der Waals surface area contributed by atoms with Gasteiger partial charge in [-0.2, -0.15) is 0 Å². The summed E-state index contributed by atoms with van der Waals surface area (Å²) in [5, 5.41) is 10.3. The Bertz CT molecular complexity index is 4390. The van der Waals surface area contributed by atoms with Gasteiger partial charge < -0.3 is 9.80 Å². The van der Waals surface area contributed by atoms with Crippen LogP contribution in [0.15, 0.2) is 255 Å². The molecule has 0 spiro atoms. The second kappa shape index (κ2) is 19.5. The first-order valence-electron chi connectivity index (χ1n) is 27.3. The van der Waals surface area contributed by atoms with Gasteiger partial charge in [0.1, 0.15) is 11.6 Å². The van der Waals surface area contributed by atoms with Crippen LogP contribution in [0.3, 0.4) is 0 Å². The second-order valence-electron chi connectivity index (χ2n) is 21.5. The maximum absolute atomic E-state index is 18.2. The molecular weight excluding hydrogens is 979 g/mol. The van der Waals surface area contributed by atoms with Crippen LogP contribution >= 0.6 is 0 Å². The fourth-order valence-electron chi connectivity index (χ4n) is 12.0. The van der Waals surface area contributed by atoms with Crippen LogP contribution < -0.4 is 9.80 Å². The van der Waals surface area contributed by atoms with Crippen LogP contribution in [-0.4, -0.2) is 0 Å². The van der Waals surface area contributed by atoms with E-state index in [1.54, 1.807) is 12.1 Å². The summed E-state index contributed by atoms with van der Waals surface area (Å²) in [4.78, 5) is 4.26. The van der Waals surface area contributed by atoms with Gasteiger partial charge in [0.15, 0.2) is 0 Å². The maximum atomic E-state index is 18.2. The minimum Gasteiger partial charge on any atom is -0.307 e. The highest BCUT2D eigenvalue weighted by atomic mass is 19.1. The summed E-state index contributed by atoms with van der Waals surface area (Å²) in [5.74, 6) is -0.684. The molecule has 0 radical (unpaired) electrons. The first kappa shape index (κ1) is 48.5. The number of halogens is 2. The molecule has 14 aromatic rings. The predicted molar refractivity (Wildman–Crippen MR) is 335 cm³/mol. The molecule has 0 N–H and O–H groups in total. The van der Waals surface area contributed by atoms with E-state index >= 15 is 8.78 Å². The van der Waals surface area contributed by atoms with Gasteiger partial charge in [0.25, 0.3) is 0 Å². The zero-order valence-electron chi connectivity index (χ0n) is 44.9. The van der Waals surface area contributed by atoms with E-state index in [0.29, 0.717) is 11.4 Å². The Morgan fingerprint density at radius 1 is 0.263 bits per heavy atom. The Kier molecular flexibility index (Phi) is 11.8. The Labute approximate surface area is 465 Å². The topological polar surface area (TPSA) is 6.48 Å². The lowest BCUT2D eigenvalue weighted by atomic mass is 9.90. The number of nitrogens with zero attached hydrogens (tertiary/aromatic N) is 2. The van der Waals surface area contributed by atoms with Gasteiger partial charge in [0, 0.05) is 33.3 Å². The molecule has 0 aliphatic heterocycles. The SMILES string of the molecule is Cc1ccc(-c2cc(F)c(N(c3ccc4ccccc4c3)c3ccc4ccc5c(N(c6ccc7ccccc7c6)c6c(F)cc(-c7ccc(C)cc7)cc6-c6ccc(C)cc6)ccc6ccc3c4c65)c(-c3ccc(C)cc3)c2)cc1. The molecule has 382 valence electrons. The number of rotatable bonds is 10. The maximum Gasteiger partial charge on any atom is 0.148 e. The normalized spacial score (nSPS) is 11.6. The zero-order chi connectivity index (χ0) is 54.2. The molecule has 0 bridgehead atoms. The van der Waals surface area contributed by atoms with Gasteiger partial charge >= 0.3 is 0 Å². The van der Waals surface area contributed by atoms with Crippen LogP contribution in [0.5, 0.6) is 0 Å². The Balaban J connectivity index is 1.04. The number of hydrogen-bond acceptors (Lipinski definition) is 2. The van der Waals surface area contributed by atoms with Crippen molar-refractivity contribution in [3.05, 3.63) is 289 Å². The van der Waals surface area contributed by atoms with Crippen LogP contribution in [0, 0.1) is 39.3 Å². The number of anilines is 6. The van der Waals surface area contributed by atoms with Crippen molar-refractivity contribution in [3.8, 4) is 44.5 Å². The van der Waals surface area contributed by atoms with Crippen LogP contribution in [0.1, 0.15) is 22.3 Å². The zero-order valence-corrected chi connectivity index (χ0v) is 44.9. The molecule has 0 aliphatic carbocycles. The predicted octanol–water partition coefficient (Wildman–Crippen LogP) is 22.0. The minimum atomic E-state index is -0.342. The quantitative estimate of drug-likeness (QED) is 0.126. The molecule has 2 nitrogen and oxygen atoms in total. The van der Waals surface area contributed by atoms with Crippen LogP contribution in [0.25, 0.3) is 98.4 Å². The van der Waals surface area contributed by atoms with Crippen molar-refractivity contribution in [2.75, 3.05) is 9.80 Å². The summed E-state index contributed by atoms with van der Waals surface area (Å²) < 4.78 is 36.4. The molecule has 0 unspecified atom stereocenters. The lowest BCUT2D eigenvalue weighted by molar-refractivity contribution is 0.629. The highest BCUT2D eigenvalue weighted by Crippen LogP contribution is 2.52. The molecule has 0 amide bonds. The van der Waals surface area contributed by atoms with E-state index in [2.05, 4.69) is 256 Å². The van der Waals surface area contributed by atoms with E-state index in [4.69, 9.17) is 0 Å². The van der Waals surface area contributed by atoms with Gasteiger partial charge in [-0.05, 0) is 165 Å². The second-order valence-corrected chi connectivity index (χ2v) is 21.5. The van der Waals surface area contributed by atoms with Crippen LogP contribution in [0.4, 0.5) is 42.9 Å². The van der Waals surface area contributed by atoms with E-state index < -0.39 is 0 Å².